The van der Waals surface area contributed by atoms with Crippen LogP contribution in [0.5, 0.6) is 0 Å². The predicted molar refractivity (Wildman–Crippen MR) is 113 cm³/mol. The number of ketones is 1. The number of carbonyl (C=O) groups excluding carboxylic acids is 2. The normalized spacial score (nSPS) is 15.2. The molecule has 3 aromatic rings. The summed E-state index contributed by atoms with van der Waals surface area (Å²) in [4.78, 5) is 24.3. The van der Waals surface area contributed by atoms with Gasteiger partial charge in [-0.25, -0.2) is 0 Å². The highest BCUT2D eigenvalue weighted by Gasteiger charge is 2.27. The number of benzene rings is 2. The second-order valence-electron chi connectivity index (χ2n) is 6.59. The van der Waals surface area contributed by atoms with E-state index in [-0.39, 0.29) is 23.4 Å². The molecule has 0 radical (unpaired) electrons. The smallest absolute Gasteiger partial charge is 0.231 e. The van der Waals surface area contributed by atoms with Gasteiger partial charge in [0.25, 0.3) is 0 Å². The molecule has 0 unspecified atom stereocenters. The average molecular weight is 411 g/mol. The van der Waals surface area contributed by atoms with Crippen molar-refractivity contribution in [1.82, 2.24) is 10.2 Å². The maximum atomic E-state index is 12.6. The number of thioether (sulfide) groups is 1. The largest absolute Gasteiger partial charge is 0.330 e. The number of nitrogens with zero attached hydrogens (tertiary/aromatic N) is 2. The SMILES string of the molecule is Cc1cccc(Nc2nnc(SCC(=O)c3ccc4c(c3)[C@@H](C)C(=O)N4)s2)c1. The van der Waals surface area contributed by atoms with Crippen LogP contribution in [0.3, 0.4) is 0 Å². The van der Waals surface area contributed by atoms with Crippen LogP contribution in [0, 0.1) is 6.92 Å². The summed E-state index contributed by atoms with van der Waals surface area (Å²) in [5.74, 6) is 0.0150. The number of nitrogens with one attached hydrogen (secondary N) is 2. The Balaban J connectivity index is 1.38. The number of hydrogen-bond acceptors (Lipinski definition) is 7. The standard InChI is InChI=1S/C20H18N4O2S2/c1-11-4-3-5-14(8-11)21-19-23-24-20(28-19)27-10-17(25)13-6-7-16-15(9-13)12(2)18(26)22-16/h3-9,12H,10H2,1-2H3,(H,21,23)(H,22,26)/t12-/m1/s1. The highest BCUT2D eigenvalue weighted by Crippen LogP contribution is 2.33. The van der Waals surface area contributed by atoms with E-state index < -0.39 is 0 Å². The third kappa shape index (κ3) is 3.93. The third-order valence-electron chi connectivity index (χ3n) is 4.49. The van der Waals surface area contributed by atoms with Crippen molar-refractivity contribution < 1.29 is 9.59 Å². The van der Waals surface area contributed by atoms with Crippen molar-refractivity contribution in [2.24, 2.45) is 0 Å². The van der Waals surface area contributed by atoms with Gasteiger partial charge in [0.2, 0.25) is 11.0 Å². The van der Waals surface area contributed by atoms with Crippen LogP contribution in [0.2, 0.25) is 0 Å². The van der Waals surface area contributed by atoms with Crippen molar-refractivity contribution in [3.63, 3.8) is 0 Å². The van der Waals surface area contributed by atoms with Crippen molar-refractivity contribution in [3.8, 4) is 0 Å². The van der Waals surface area contributed by atoms with Crippen LogP contribution in [0.15, 0.2) is 46.8 Å². The Hall–Kier alpha value is -2.71. The lowest BCUT2D eigenvalue weighted by molar-refractivity contribution is -0.116. The molecule has 0 saturated heterocycles. The molecule has 0 spiro atoms. The van der Waals surface area contributed by atoms with Crippen molar-refractivity contribution in [3.05, 3.63) is 59.2 Å². The highest BCUT2D eigenvalue weighted by atomic mass is 32.2. The fourth-order valence-corrected chi connectivity index (χ4v) is 4.63. The molecule has 1 aromatic heterocycles. The molecule has 2 heterocycles. The van der Waals surface area contributed by atoms with Gasteiger partial charge in [0.1, 0.15) is 0 Å². The summed E-state index contributed by atoms with van der Waals surface area (Å²) in [7, 11) is 0. The first-order chi connectivity index (χ1) is 13.5. The van der Waals surface area contributed by atoms with Gasteiger partial charge in [0, 0.05) is 16.9 Å². The van der Waals surface area contributed by atoms with Gasteiger partial charge in [0.05, 0.1) is 11.7 Å². The number of aromatic nitrogens is 2. The molecule has 28 heavy (non-hydrogen) atoms. The first-order valence-electron chi connectivity index (χ1n) is 8.77. The lowest BCUT2D eigenvalue weighted by atomic mass is 9.99. The van der Waals surface area contributed by atoms with Crippen LogP contribution in [-0.4, -0.2) is 27.6 Å². The van der Waals surface area contributed by atoms with E-state index in [9.17, 15) is 9.59 Å². The molecule has 1 amide bonds. The van der Waals surface area contributed by atoms with E-state index in [0.29, 0.717) is 10.7 Å². The van der Waals surface area contributed by atoms with E-state index in [1.165, 1.54) is 23.1 Å². The summed E-state index contributed by atoms with van der Waals surface area (Å²) < 4.78 is 0.731. The number of hydrogen-bond donors (Lipinski definition) is 2. The minimum absolute atomic E-state index is 0.00254. The van der Waals surface area contributed by atoms with E-state index in [4.69, 9.17) is 0 Å². The summed E-state index contributed by atoms with van der Waals surface area (Å²) in [6, 6.07) is 13.4. The van der Waals surface area contributed by atoms with Crippen molar-refractivity contribution in [2.45, 2.75) is 24.1 Å². The van der Waals surface area contributed by atoms with Crippen LogP contribution >= 0.6 is 23.1 Å². The fraction of sp³-hybridized carbons (Fsp3) is 0.200. The van der Waals surface area contributed by atoms with Gasteiger partial charge in [-0.3, -0.25) is 9.59 Å². The average Bonchev–Trinajstić information content (AvgIpc) is 3.24. The van der Waals surface area contributed by atoms with E-state index in [1.54, 1.807) is 12.1 Å². The molecule has 1 aliphatic heterocycles. The van der Waals surface area contributed by atoms with Gasteiger partial charge in [0.15, 0.2) is 10.1 Å². The van der Waals surface area contributed by atoms with E-state index in [1.807, 2.05) is 44.2 Å². The maximum absolute atomic E-state index is 12.6. The van der Waals surface area contributed by atoms with Crippen LogP contribution < -0.4 is 10.6 Å². The first kappa shape index (κ1) is 18.6. The summed E-state index contributed by atoms with van der Waals surface area (Å²) in [5, 5.41) is 15.0. The quantitative estimate of drug-likeness (QED) is 0.456. The summed E-state index contributed by atoms with van der Waals surface area (Å²) in [5.41, 5.74) is 4.39. The van der Waals surface area contributed by atoms with Gasteiger partial charge < -0.3 is 10.6 Å². The Morgan fingerprint density at radius 2 is 2.11 bits per heavy atom. The second kappa shape index (κ2) is 7.73. The summed E-state index contributed by atoms with van der Waals surface area (Å²) in [6.45, 7) is 3.87. The molecule has 8 heteroatoms. The van der Waals surface area contributed by atoms with Crippen molar-refractivity contribution in [2.75, 3.05) is 16.4 Å². The highest BCUT2D eigenvalue weighted by molar-refractivity contribution is 8.01. The van der Waals surface area contributed by atoms with E-state index in [0.717, 1.165) is 26.8 Å². The summed E-state index contributed by atoms with van der Waals surface area (Å²) >= 11 is 2.78. The number of fused-ring (bicyclic) bond motifs is 1. The third-order valence-corrected chi connectivity index (χ3v) is 6.47. The summed E-state index contributed by atoms with van der Waals surface area (Å²) in [6.07, 6.45) is 0. The number of Topliss-reactive ketones (excluding diaryl/α,β-unsaturated/α-hetero) is 1. The van der Waals surface area contributed by atoms with E-state index in [2.05, 4.69) is 20.8 Å². The molecular formula is C20H18N4O2S2. The second-order valence-corrected chi connectivity index (χ2v) is 8.79. The molecule has 0 aliphatic carbocycles. The van der Waals surface area contributed by atoms with Gasteiger partial charge in [-0.15, -0.1) is 10.2 Å². The monoisotopic (exact) mass is 410 g/mol. The van der Waals surface area contributed by atoms with Crippen LogP contribution in [-0.2, 0) is 4.79 Å². The van der Waals surface area contributed by atoms with Crippen LogP contribution in [0.25, 0.3) is 0 Å². The van der Waals surface area contributed by atoms with Crippen molar-refractivity contribution >= 4 is 51.3 Å². The number of carbonyl (C=O) groups is 2. The zero-order valence-electron chi connectivity index (χ0n) is 15.4. The molecule has 4 rings (SSSR count). The van der Waals surface area contributed by atoms with Gasteiger partial charge >= 0.3 is 0 Å². The van der Waals surface area contributed by atoms with Gasteiger partial charge in [-0.1, -0.05) is 35.2 Å². The number of aryl methyl sites for hydroxylation is 1. The molecule has 0 bridgehead atoms. The Bertz CT molecular complexity index is 1060. The van der Waals surface area contributed by atoms with Gasteiger partial charge in [-0.05, 0) is 55.3 Å². The van der Waals surface area contributed by atoms with E-state index >= 15 is 0 Å². The minimum Gasteiger partial charge on any atom is -0.330 e. The molecule has 1 aliphatic rings. The number of anilines is 3. The maximum Gasteiger partial charge on any atom is 0.231 e. The zero-order chi connectivity index (χ0) is 19.7. The molecular weight excluding hydrogens is 392 g/mol. The van der Waals surface area contributed by atoms with Crippen LogP contribution in [0.4, 0.5) is 16.5 Å². The minimum atomic E-state index is -0.228. The number of amides is 1. The van der Waals surface area contributed by atoms with Crippen molar-refractivity contribution in [1.29, 1.82) is 0 Å². The van der Waals surface area contributed by atoms with Gasteiger partial charge in [-0.2, -0.15) is 0 Å². The molecule has 6 nitrogen and oxygen atoms in total. The predicted octanol–water partition coefficient (Wildman–Crippen LogP) is 4.62. The molecule has 2 aromatic carbocycles. The molecule has 0 saturated carbocycles. The molecule has 0 fully saturated rings. The lowest BCUT2D eigenvalue weighted by Crippen LogP contribution is -2.08. The fourth-order valence-electron chi connectivity index (χ4n) is 2.97. The lowest BCUT2D eigenvalue weighted by Gasteiger charge is -2.05. The molecule has 142 valence electrons. The Kier molecular flexibility index (Phi) is 5.15. The topological polar surface area (TPSA) is 84.0 Å². The molecule has 1 atom stereocenters. The first-order valence-corrected chi connectivity index (χ1v) is 10.6. The Labute approximate surface area is 170 Å². The Morgan fingerprint density at radius 1 is 1.25 bits per heavy atom. The zero-order valence-corrected chi connectivity index (χ0v) is 17.0. The molecule has 2 N–H and O–H groups in total. The number of rotatable bonds is 6. The van der Waals surface area contributed by atoms with Crippen LogP contribution in [0.1, 0.15) is 34.3 Å². The Morgan fingerprint density at radius 3 is 2.93 bits per heavy atom.